The van der Waals surface area contributed by atoms with Crippen LogP contribution >= 0.6 is 0 Å². The molecule has 1 heterocycles. The summed E-state index contributed by atoms with van der Waals surface area (Å²) in [7, 11) is 0. The van der Waals surface area contributed by atoms with Gasteiger partial charge in [-0.2, -0.15) is 4.31 Å². The van der Waals surface area contributed by atoms with Crippen LogP contribution < -0.4 is 0 Å². The van der Waals surface area contributed by atoms with E-state index >= 15 is 0 Å². The SMILES string of the molecule is CCC[C@H]1COS(=O)N1CCC. The molecule has 0 aromatic rings. The van der Waals surface area contributed by atoms with E-state index in [1.54, 1.807) is 0 Å². The van der Waals surface area contributed by atoms with Gasteiger partial charge in [0.1, 0.15) is 0 Å². The van der Waals surface area contributed by atoms with E-state index in [4.69, 9.17) is 4.18 Å². The monoisotopic (exact) mass is 191 g/mol. The van der Waals surface area contributed by atoms with Crippen molar-refractivity contribution < 1.29 is 8.39 Å². The van der Waals surface area contributed by atoms with Gasteiger partial charge in [0.05, 0.1) is 6.61 Å². The van der Waals surface area contributed by atoms with E-state index in [9.17, 15) is 4.21 Å². The second-order valence-electron chi connectivity index (χ2n) is 3.08. The van der Waals surface area contributed by atoms with E-state index in [0.717, 1.165) is 25.8 Å². The lowest BCUT2D eigenvalue weighted by Gasteiger charge is -2.18. The smallest absolute Gasteiger partial charge is 0.237 e. The highest BCUT2D eigenvalue weighted by atomic mass is 32.2. The van der Waals surface area contributed by atoms with Gasteiger partial charge in [-0.05, 0) is 12.8 Å². The number of hydrogen-bond donors (Lipinski definition) is 0. The Morgan fingerprint density at radius 2 is 2.25 bits per heavy atom. The summed E-state index contributed by atoms with van der Waals surface area (Å²) in [5.41, 5.74) is 0. The van der Waals surface area contributed by atoms with Crippen LogP contribution in [0.4, 0.5) is 0 Å². The summed E-state index contributed by atoms with van der Waals surface area (Å²) < 4.78 is 18.3. The minimum atomic E-state index is -1.16. The summed E-state index contributed by atoms with van der Waals surface area (Å²) in [5, 5.41) is 0. The summed E-state index contributed by atoms with van der Waals surface area (Å²) in [6, 6.07) is 0.385. The standard InChI is InChI=1S/C8H17NO2S/c1-3-5-8-7-11-12(10)9(8)6-4-2/h8H,3-7H2,1-2H3/t8-,12?/m0/s1. The van der Waals surface area contributed by atoms with Crippen LogP contribution in [0, 0.1) is 0 Å². The fourth-order valence-corrected chi connectivity index (χ4v) is 2.60. The largest absolute Gasteiger partial charge is 0.276 e. The first-order valence-electron chi connectivity index (χ1n) is 4.61. The summed E-state index contributed by atoms with van der Waals surface area (Å²) >= 11 is -1.16. The first-order chi connectivity index (χ1) is 5.79. The summed E-state index contributed by atoms with van der Waals surface area (Å²) in [5.74, 6) is 0. The summed E-state index contributed by atoms with van der Waals surface area (Å²) in [4.78, 5) is 0. The molecule has 0 N–H and O–H groups in total. The van der Waals surface area contributed by atoms with E-state index < -0.39 is 11.3 Å². The molecule has 12 heavy (non-hydrogen) atoms. The Morgan fingerprint density at radius 3 is 2.83 bits per heavy atom. The molecule has 0 saturated carbocycles. The Hall–Kier alpha value is 0.0700. The average molecular weight is 191 g/mol. The Labute approximate surface area is 76.9 Å². The van der Waals surface area contributed by atoms with E-state index in [2.05, 4.69) is 13.8 Å². The van der Waals surface area contributed by atoms with Crippen molar-refractivity contribution in [2.24, 2.45) is 0 Å². The van der Waals surface area contributed by atoms with Crippen molar-refractivity contribution in [3.05, 3.63) is 0 Å². The molecule has 1 rings (SSSR count). The fourth-order valence-electron chi connectivity index (χ4n) is 1.45. The highest BCUT2D eigenvalue weighted by molar-refractivity contribution is 7.78. The van der Waals surface area contributed by atoms with Crippen molar-refractivity contribution in [2.45, 2.75) is 39.2 Å². The number of hydrogen-bond acceptors (Lipinski definition) is 2. The van der Waals surface area contributed by atoms with Crippen molar-refractivity contribution in [1.29, 1.82) is 0 Å². The molecule has 0 amide bonds. The molecule has 3 nitrogen and oxygen atoms in total. The maximum absolute atomic E-state index is 11.3. The highest BCUT2D eigenvalue weighted by Gasteiger charge is 2.30. The Morgan fingerprint density at radius 1 is 1.50 bits per heavy atom. The molecule has 0 aromatic carbocycles. The van der Waals surface area contributed by atoms with Gasteiger partial charge in [-0.1, -0.05) is 20.3 Å². The lowest BCUT2D eigenvalue weighted by molar-refractivity contribution is 0.296. The first kappa shape index (κ1) is 10.2. The molecule has 0 aliphatic carbocycles. The maximum atomic E-state index is 11.3. The van der Waals surface area contributed by atoms with E-state index in [1.165, 1.54) is 0 Å². The third-order valence-electron chi connectivity index (χ3n) is 2.03. The van der Waals surface area contributed by atoms with Crippen molar-refractivity contribution in [3.63, 3.8) is 0 Å². The predicted octanol–water partition coefficient (Wildman–Crippen LogP) is 1.48. The maximum Gasteiger partial charge on any atom is 0.237 e. The number of nitrogens with zero attached hydrogens (tertiary/aromatic N) is 1. The van der Waals surface area contributed by atoms with Crippen LogP contribution in [0.1, 0.15) is 33.1 Å². The molecule has 4 heteroatoms. The van der Waals surface area contributed by atoms with Gasteiger partial charge in [0.15, 0.2) is 0 Å². The van der Waals surface area contributed by atoms with Crippen LogP contribution in [-0.2, 0) is 15.4 Å². The lowest BCUT2D eigenvalue weighted by atomic mass is 10.2. The highest BCUT2D eigenvalue weighted by Crippen LogP contribution is 2.18. The molecule has 1 unspecified atom stereocenters. The first-order valence-corrected chi connectivity index (χ1v) is 5.64. The van der Waals surface area contributed by atoms with Crippen molar-refractivity contribution in [3.8, 4) is 0 Å². The molecular weight excluding hydrogens is 174 g/mol. The van der Waals surface area contributed by atoms with Gasteiger partial charge in [0.2, 0.25) is 11.3 Å². The Kier molecular flexibility index (Phi) is 4.18. The topological polar surface area (TPSA) is 29.5 Å². The Balaban J connectivity index is 2.45. The van der Waals surface area contributed by atoms with Gasteiger partial charge in [0, 0.05) is 12.6 Å². The third-order valence-corrected chi connectivity index (χ3v) is 3.23. The molecule has 1 aliphatic heterocycles. The molecule has 72 valence electrons. The van der Waals surface area contributed by atoms with Crippen molar-refractivity contribution in [1.82, 2.24) is 4.31 Å². The van der Waals surface area contributed by atoms with Gasteiger partial charge in [-0.3, -0.25) is 4.18 Å². The minimum Gasteiger partial charge on any atom is -0.276 e. The normalized spacial score (nSPS) is 31.2. The zero-order valence-corrected chi connectivity index (χ0v) is 8.60. The predicted molar refractivity (Wildman–Crippen MR) is 49.8 cm³/mol. The van der Waals surface area contributed by atoms with Crippen LogP contribution in [0.15, 0.2) is 0 Å². The van der Waals surface area contributed by atoms with Gasteiger partial charge >= 0.3 is 0 Å². The van der Waals surface area contributed by atoms with Crippen LogP contribution in [0.3, 0.4) is 0 Å². The van der Waals surface area contributed by atoms with Crippen LogP contribution in [0.5, 0.6) is 0 Å². The number of rotatable bonds is 4. The van der Waals surface area contributed by atoms with Gasteiger partial charge in [0.25, 0.3) is 0 Å². The van der Waals surface area contributed by atoms with Crippen LogP contribution in [0.25, 0.3) is 0 Å². The molecular formula is C8H17NO2S. The van der Waals surface area contributed by atoms with Crippen molar-refractivity contribution >= 4 is 11.3 Å². The fraction of sp³-hybridized carbons (Fsp3) is 1.00. The molecule has 0 radical (unpaired) electrons. The lowest BCUT2D eigenvalue weighted by Crippen LogP contribution is -2.31. The van der Waals surface area contributed by atoms with Gasteiger partial charge < -0.3 is 0 Å². The second-order valence-corrected chi connectivity index (χ2v) is 4.22. The summed E-state index contributed by atoms with van der Waals surface area (Å²) in [6.45, 7) is 5.77. The molecule has 1 fully saturated rings. The quantitative estimate of drug-likeness (QED) is 0.673. The molecule has 1 aliphatic rings. The zero-order chi connectivity index (χ0) is 8.97. The van der Waals surface area contributed by atoms with Gasteiger partial charge in [-0.25, -0.2) is 4.21 Å². The van der Waals surface area contributed by atoms with Gasteiger partial charge in [-0.15, -0.1) is 0 Å². The molecule has 0 spiro atoms. The summed E-state index contributed by atoms with van der Waals surface area (Å²) in [6.07, 6.45) is 3.26. The molecule has 2 atom stereocenters. The van der Waals surface area contributed by atoms with E-state index in [0.29, 0.717) is 12.6 Å². The minimum absolute atomic E-state index is 0.385. The van der Waals surface area contributed by atoms with Crippen molar-refractivity contribution in [2.75, 3.05) is 13.2 Å². The van der Waals surface area contributed by atoms with E-state index in [-0.39, 0.29) is 0 Å². The Bertz CT molecular complexity index is 163. The van der Waals surface area contributed by atoms with Crippen LogP contribution in [0.2, 0.25) is 0 Å². The van der Waals surface area contributed by atoms with Crippen LogP contribution in [-0.4, -0.2) is 27.7 Å². The molecule has 0 bridgehead atoms. The third kappa shape index (κ3) is 2.28. The molecule has 0 aromatic heterocycles. The second kappa shape index (κ2) is 4.94. The van der Waals surface area contributed by atoms with E-state index in [1.807, 2.05) is 4.31 Å². The zero-order valence-electron chi connectivity index (χ0n) is 7.78. The average Bonchev–Trinajstić information content (AvgIpc) is 2.37. The molecule has 1 saturated heterocycles.